The standard InChI is InChI=1S/C16H12N2O3/c19-14-13(11-7-3-1-4-8-11)15(20)18(16(21)17-14)12-9-5-2-6-10-12/h1-10,20H,(H,17,19,21). The van der Waals surface area contributed by atoms with Gasteiger partial charge in [0, 0.05) is 0 Å². The Morgan fingerprint density at radius 2 is 1.43 bits per heavy atom. The summed E-state index contributed by atoms with van der Waals surface area (Å²) in [5.41, 5.74) is -0.201. The molecule has 0 amide bonds. The zero-order chi connectivity index (χ0) is 14.8. The van der Waals surface area contributed by atoms with Crippen molar-refractivity contribution in [2.75, 3.05) is 0 Å². The van der Waals surface area contributed by atoms with Gasteiger partial charge in [-0.15, -0.1) is 0 Å². The second-order valence-electron chi connectivity index (χ2n) is 4.49. The van der Waals surface area contributed by atoms with Crippen LogP contribution in [0.4, 0.5) is 0 Å². The van der Waals surface area contributed by atoms with Crippen LogP contribution < -0.4 is 11.2 Å². The minimum atomic E-state index is -0.677. The molecule has 0 fully saturated rings. The average Bonchev–Trinajstić information content (AvgIpc) is 2.49. The van der Waals surface area contributed by atoms with Crippen molar-refractivity contribution in [1.82, 2.24) is 9.55 Å². The lowest BCUT2D eigenvalue weighted by atomic mass is 10.1. The molecule has 1 aromatic heterocycles. The highest BCUT2D eigenvalue weighted by Crippen LogP contribution is 2.25. The lowest BCUT2D eigenvalue weighted by Crippen LogP contribution is -2.29. The summed E-state index contributed by atoms with van der Waals surface area (Å²) in [4.78, 5) is 26.2. The van der Waals surface area contributed by atoms with E-state index in [-0.39, 0.29) is 11.4 Å². The van der Waals surface area contributed by atoms with E-state index in [1.165, 1.54) is 0 Å². The second-order valence-corrected chi connectivity index (χ2v) is 4.49. The fourth-order valence-electron chi connectivity index (χ4n) is 2.21. The van der Waals surface area contributed by atoms with Gasteiger partial charge in [0.1, 0.15) is 5.56 Å². The maximum atomic E-state index is 12.0. The van der Waals surface area contributed by atoms with E-state index in [4.69, 9.17) is 0 Å². The Kier molecular flexibility index (Phi) is 3.16. The molecular weight excluding hydrogens is 268 g/mol. The van der Waals surface area contributed by atoms with Crippen molar-refractivity contribution in [2.24, 2.45) is 0 Å². The summed E-state index contributed by atoms with van der Waals surface area (Å²) in [6, 6.07) is 17.4. The lowest BCUT2D eigenvalue weighted by Gasteiger charge is -2.11. The molecule has 0 unspecified atom stereocenters. The van der Waals surface area contributed by atoms with Crippen LogP contribution in [0.15, 0.2) is 70.3 Å². The zero-order valence-corrected chi connectivity index (χ0v) is 11.0. The number of hydrogen-bond donors (Lipinski definition) is 2. The molecule has 0 radical (unpaired) electrons. The number of hydrogen-bond acceptors (Lipinski definition) is 3. The zero-order valence-electron chi connectivity index (χ0n) is 11.0. The van der Waals surface area contributed by atoms with E-state index in [0.29, 0.717) is 11.3 Å². The first-order valence-corrected chi connectivity index (χ1v) is 6.37. The highest BCUT2D eigenvalue weighted by molar-refractivity contribution is 5.68. The first-order chi connectivity index (χ1) is 10.2. The SMILES string of the molecule is O=c1[nH]c(=O)n(-c2ccccc2)c(O)c1-c1ccccc1. The number of nitrogens with one attached hydrogen (secondary N) is 1. The van der Waals surface area contributed by atoms with Crippen molar-refractivity contribution >= 4 is 0 Å². The van der Waals surface area contributed by atoms with E-state index in [0.717, 1.165) is 4.57 Å². The molecule has 2 aromatic carbocycles. The second kappa shape index (κ2) is 5.13. The maximum absolute atomic E-state index is 12.0. The lowest BCUT2D eigenvalue weighted by molar-refractivity contribution is 0.433. The fraction of sp³-hybridized carbons (Fsp3) is 0. The van der Waals surface area contributed by atoms with Gasteiger partial charge in [0.15, 0.2) is 0 Å². The number of benzene rings is 2. The summed E-state index contributed by atoms with van der Waals surface area (Å²) in [5, 5.41) is 10.4. The molecule has 0 aliphatic heterocycles. The number of rotatable bonds is 2. The number of aromatic nitrogens is 2. The number of aromatic amines is 1. The highest BCUT2D eigenvalue weighted by atomic mass is 16.3. The van der Waals surface area contributed by atoms with Crippen LogP contribution in [0.1, 0.15) is 0 Å². The summed E-state index contributed by atoms with van der Waals surface area (Å²) in [6.45, 7) is 0. The molecule has 0 saturated heterocycles. The molecule has 0 bridgehead atoms. The van der Waals surface area contributed by atoms with Gasteiger partial charge in [0.2, 0.25) is 5.88 Å². The van der Waals surface area contributed by atoms with Crippen LogP contribution in [0, 0.1) is 0 Å². The van der Waals surface area contributed by atoms with E-state index in [9.17, 15) is 14.7 Å². The van der Waals surface area contributed by atoms with E-state index < -0.39 is 11.2 Å². The van der Waals surface area contributed by atoms with Crippen LogP contribution in [-0.4, -0.2) is 14.7 Å². The molecule has 0 aliphatic rings. The molecule has 104 valence electrons. The van der Waals surface area contributed by atoms with Crippen LogP contribution in [0.5, 0.6) is 5.88 Å². The van der Waals surface area contributed by atoms with Gasteiger partial charge in [-0.3, -0.25) is 9.78 Å². The molecule has 5 heteroatoms. The van der Waals surface area contributed by atoms with Gasteiger partial charge in [0.05, 0.1) is 5.69 Å². The predicted molar refractivity (Wildman–Crippen MR) is 79.8 cm³/mol. The molecule has 21 heavy (non-hydrogen) atoms. The van der Waals surface area contributed by atoms with Gasteiger partial charge >= 0.3 is 5.69 Å². The Morgan fingerprint density at radius 3 is 2.05 bits per heavy atom. The van der Waals surface area contributed by atoms with E-state index in [1.54, 1.807) is 54.6 Å². The molecular formula is C16H12N2O3. The van der Waals surface area contributed by atoms with Crippen molar-refractivity contribution in [2.45, 2.75) is 0 Å². The summed E-state index contributed by atoms with van der Waals surface area (Å²) in [5.74, 6) is -0.374. The first-order valence-electron chi connectivity index (χ1n) is 6.37. The third-order valence-corrected chi connectivity index (χ3v) is 3.16. The summed E-state index contributed by atoms with van der Waals surface area (Å²) < 4.78 is 1.07. The van der Waals surface area contributed by atoms with Crippen molar-refractivity contribution in [3.8, 4) is 22.7 Å². The third-order valence-electron chi connectivity index (χ3n) is 3.16. The normalized spacial score (nSPS) is 10.5. The predicted octanol–water partition coefficient (Wildman–Crippen LogP) is 1.90. The van der Waals surface area contributed by atoms with E-state index in [2.05, 4.69) is 4.98 Å². The third kappa shape index (κ3) is 2.25. The van der Waals surface area contributed by atoms with Crippen molar-refractivity contribution in [3.63, 3.8) is 0 Å². The maximum Gasteiger partial charge on any atom is 0.335 e. The van der Waals surface area contributed by atoms with Gasteiger partial charge in [-0.1, -0.05) is 48.5 Å². The van der Waals surface area contributed by atoms with Crippen molar-refractivity contribution in [3.05, 3.63) is 81.5 Å². The van der Waals surface area contributed by atoms with Gasteiger partial charge in [-0.05, 0) is 17.7 Å². The molecule has 2 N–H and O–H groups in total. The minimum Gasteiger partial charge on any atom is -0.494 e. The molecule has 0 atom stereocenters. The summed E-state index contributed by atoms with van der Waals surface area (Å²) in [6.07, 6.45) is 0. The van der Waals surface area contributed by atoms with Crippen molar-refractivity contribution < 1.29 is 5.11 Å². The van der Waals surface area contributed by atoms with Gasteiger partial charge < -0.3 is 5.11 Å². The fourth-order valence-corrected chi connectivity index (χ4v) is 2.21. The Morgan fingerprint density at radius 1 is 0.857 bits per heavy atom. The highest BCUT2D eigenvalue weighted by Gasteiger charge is 2.16. The average molecular weight is 280 g/mol. The smallest absolute Gasteiger partial charge is 0.335 e. The first kappa shape index (κ1) is 12.9. The summed E-state index contributed by atoms with van der Waals surface area (Å²) in [7, 11) is 0. The number of H-pyrrole nitrogens is 1. The van der Waals surface area contributed by atoms with Crippen LogP contribution in [0.3, 0.4) is 0 Å². The Labute approximate surface area is 119 Å². The van der Waals surface area contributed by atoms with Crippen LogP contribution in [0.25, 0.3) is 16.8 Å². The molecule has 0 aliphatic carbocycles. The molecule has 0 spiro atoms. The number of para-hydroxylation sites is 1. The summed E-state index contributed by atoms with van der Waals surface area (Å²) >= 11 is 0. The minimum absolute atomic E-state index is 0.0686. The topological polar surface area (TPSA) is 75.1 Å². The number of nitrogens with zero attached hydrogens (tertiary/aromatic N) is 1. The Hall–Kier alpha value is -3.08. The number of aromatic hydroxyl groups is 1. The molecule has 3 rings (SSSR count). The Bertz CT molecular complexity index is 809. The largest absolute Gasteiger partial charge is 0.494 e. The van der Waals surface area contributed by atoms with Crippen LogP contribution in [-0.2, 0) is 0 Å². The van der Waals surface area contributed by atoms with Crippen LogP contribution in [0.2, 0.25) is 0 Å². The van der Waals surface area contributed by atoms with Crippen LogP contribution >= 0.6 is 0 Å². The molecule has 0 saturated carbocycles. The van der Waals surface area contributed by atoms with E-state index in [1.807, 2.05) is 6.07 Å². The van der Waals surface area contributed by atoms with E-state index >= 15 is 0 Å². The molecule has 5 nitrogen and oxygen atoms in total. The molecule has 3 aromatic rings. The van der Waals surface area contributed by atoms with Gasteiger partial charge in [0.25, 0.3) is 5.56 Å². The molecule has 1 heterocycles. The van der Waals surface area contributed by atoms with Gasteiger partial charge in [-0.2, -0.15) is 0 Å². The quantitative estimate of drug-likeness (QED) is 0.752. The van der Waals surface area contributed by atoms with Gasteiger partial charge in [-0.25, -0.2) is 9.36 Å². The Balaban J connectivity index is 2.34. The monoisotopic (exact) mass is 280 g/mol. The van der Waals surface area contributed by atoms with Crippen molar-refractivity contribution in [1.29, 1.82) is 0 Å².